The van der Waals surface area contributed by atoms with E-state index in [4.69, 9.17) is 16.3 Å². The van der Waals surface area contributed by atoms with Crippen LogP contribution in [0.2, 0.25) is 5.02 Å². The third kappa shape index (κ3) is 2.74. The molecule has 2 saturated heterocycles. The summed E-state index contributed by atoms with van der Waals surface area (Å²) < 4.78 is 5.79. The van der Waals surface area contributed by atoms with Gasteiger partial charge in [-0.2, -0.15) is 0 Å². The van der Waals surface area contributed by atoms with Crippen LogP contribution in [0.5, 0.6) is 5.75 Å². The van der Waals surface area contributed by atoms with Crippen molar-refractivity contribution in [1.29, 1.82) is 0 Å². The van der Waals surface area contributed by atoms with Gasteiger partial charge in [0.2, 0.25) is 0 Å². The average molecular weight is 350 g/mol. The summed E-state index contributed by atoms with van der Waals surface area (Å²) in [4.78, 5) is 17.4. The van der Waals surface area contributed by atoms with Crippen molar-refractivity contribution in [2.24, 2.45) is 0 Å². The van der Waals surface area contributed by atoms with Gasteiger partial charge in [-0.3, -0.25) is 4.79 Å². The molecule has 3 heterocycles. The maximum Gasteiger partial charge on any atom is 0.255 e. The molecule has 0 aromatic heterocycles. The van der Waals surface area contributed by atoms with E-state index in [2.05, 4.69) is 22.2 Å². The van der Waals surface area contributed by atoms with Crippen LogP contribution in [0.15, 0.2) is 12.1 Å². The Kier molecular flexibility index (Phi) is 4.09. The Morgan fingerprint density at radius 2 is 1.96 bits per heavy atom. The van der Waals surface area contributed by atoms with Crippen molar-refractivity contribution in [2.45, 2.75) is 43.8 Å². The van der Waals surface area contributed by atoms with E-state index in [1.54, 1.807) is 6.07 Å². The van der Waals surface area contributed by atoms with Gasteiger partial charge >= 0.3 is 0 Å². The quantitative estimate of drug-likeness (QED) is 0.891. The number of anilines is 1. The van der Waals surface area contributed by atoms with Gasteiger partial charge in [-0.15, -0.1) is 0 Å². The summed E-state index contributed by atoms with van der Waals surface area (Å²) in [7, 11) is 4.20. The van der Waals surface area contributed by atoms with Gasteiger partial charge in [0.25, 0.3) is 5.91 Å². The van der Waals surface area contributed by atoms with E-state index >= 15 is 0 Å². The number of ether oxygens (including phenoxy) is 1. The highest BCUT2D eigenvalue weighted by atomic mass is 35.5. The molecule has 0 saturated carbocycles. The Morgan fingerprint density at radius 1 is 1.25 bits per heavy atom. The number of nitrogens with one attached hydrogen (secondary N) is 1. The number of likely N-dealkylation sites (N-methyl/N-ethyl adjacent to an activating group) is 1. The summed E-state index contributed by atoms with van der Waals surface area (Å²) in [6.45, 7) is 1.39. The smallest absolute Gasteiger partial charge is 0.255 e. The highest BCUT2D eigenvalue weighted by Crippen LogP contribution is 2.38. The van der Waals surface area contributed by atoms with Gasteiger partial charge in [-0.05, 0) is 44.9 Å². The lowest BCUT2D eigenvalue weighted by Gasteiger charge is -2.36. The normalized spacial score (nSPS) is 29.1. The molecule has 0 radical (unpaired) electrons. The van der Waals surface area contributed by atoms with Crippen LogP contribution in [0.25, 0.3) is 0 Å². The molecule has 2 bridgehead atoms. The molecular weight excluding hydrogens is 326 g/mol. The highest BCUT2D eigenvalue weighted by molar-refractivity contribution is 6.31. The molecule has 4 rings (SSSR count). The molecule has 1 aromatic rings. The molecule has 3 aliphatic rings. The van der Waals surface area contributed by atoms with E-state index in [9.17, 15) is 4.79 Å². The molecule has 2 fully saturated rings. The second-order valence-electron chi connectivity index (χ2n) is 7.26. The van der Waals surface area contributed by atoms with E-state index in [0.29, 0.717) is 35.0 Å². The molecule has 0 spiro atoms. The van der Waals surface area contributed by atoms with Crippen LogP contribution in [0, 0.1) is 0 Å². The molecule has 2 unspecified atom stereocenters. The number of piperidine rings is 1. The molecule has 1 N–H and O–H groups in total. The first-order valence-electron chi connectivity index (χ1n) is 8.73. The second kappa shape index (κ2) is 6.12. The van der Waals surface area contributed by atoms with Crippen molar-refractivity contribution in [3.8, 4) is 5.75 Å². The van der Waals surface area contributed by atoms with Crippen molar-refractivity contribution in [2.75, 3.05) is 32.1 Å². The van der Waals surface area contributed by atoms with E-state index in [1.807, 2.05) is 13.1 Å². The molecule has 2 atom stereocenters. The second-order valence-corrected chi connectivity index (χ2v) is 7.70. The lowest BCUT2D eigenvalue weighted by atomic mass is 9.97. The number of carbonyl (C=O) groups excluding carboxylic acids is 1. The minimum Gasteiger partial charge on any atom is -0.489 e. The number of hydrogen-bond donors (Lipinski definition) is 1. The molecular formula is C18H24ClN3O2. The van der Waals surface area contributed by atoms with Crippen LogP contribution < -0.4 is 15.0 Å². The number of fused-ring (bicyclic) bond motifs is 3. The number of halogens is 1. The van der Waals surface area contributed by atoms with Crippen LogP contribution in [0.1, 0.15) is 36.0 Å². The highest BCUT2D eigenvalue weighted by Gasteiger charge is 2.39. The van der Waals surface area contributed by atoms with Crippen molar-refractivity contribution in [3.05, 3.63) is 22.7 Å². The number of hydrogen-bond acceptors (Lipinski definition) is 4. The van der Waals surface area contributed by atoms with Crippen molar-refractivity contribution >= 4 is 23.2 Å². The lowest BCUT2D eigenvalue weighted by Crippen LogP contribution is -2.48. The summed E-state index contributed by atoms with van der Waals surface area (Å²) in [5, 5.41) is 3.80. The molecule has 130 valence electrons. The van der Waals surface area contributed by atoms with Crippen molar-refractivity contribution in [3.63, 3.8) is 0 Å². The average Bonchev–Trinajstić information content (AvgIpc) is 2.77. The number of rotatable bonds is 2. The van der Waals surface area contributed by atoms with Gasteiger partial charge in [0.1, 0.15) is 6.61 Å². The van der Waals surface area contributed by atoms with Crippen LogP contribution in [0.4, 0.5) is 5.69 Å². The minimum absolute atomic E-state index is 0.0713. The van der Waals surface area contributed by atoms with Crippen LogP contribution in [-0.2, 0) is 0 Å². The Balaban J connectivity index is 1.55. The summed E-state index contributed by atoms with van der Waals surface area (Å²) in [6, 6.07) is 5.03. The Labute approximate surface area is 147 Å². The van der Waals surface area contributed by atoms with E-state index in [0.717, 1.165) is 25.1 Å². The first-order valence-corrected chi connectivity index (χ1v) is 9.11. The SMILES string of the molecule is CN1CCOc2c(C(=O)NC3CC4CCC(C3)N4C)cc(Cl)cc21. The summed E-state index contributed by atoms with van der Waals surface area (Å²) >= 11 is 6.24. The number of carbonyl (C=O) groups is 1. The van der Waals surface area contributed by atoms with Crippen molar-refractivity contribution in [1.82, 2.24) is 10.2 Å². The first kappa shape index (κ1) is 16.0. The fraction of sp³-hybridized carbons (Fsp3) is 0.611. The topological polar surface area (TPSA) is 44.8 Å². The van der Waals surface area contributed by atoms with Gasteiger partial charge < -0.3 is 19.9 Å². The Hall–Kier alpha value is -1.46. The summed E-state index contributed by atoms with van der Waals surface area (Å²) in [5.41, 5.74) is 1.44. The Morgan fingerprint density at radius 3 is 2.67 bits per heavy atom. The zero-order valence-corrected chi connectivity index (χ0v) is 15.0. The first-order chi connectivity index (χ1) is 11.5. The van der Waals surface area contributed by atoms with Crippen LogP contribution >= 0.6 is 11.6 Å². The third-order valence-electron chi connectivity index (χ3n) is 5.80. The number of amides is 1. The van der Waals surface area contributed by atoms with Crippen LogP contribution in [0.3, 0.4) is 0 Å². The largest absolute Gasteiger partial charge is 0.489 e. The van der Waals surface area contributed by atoms with Gasteiger partial charge in [0.15, 0.2) is 5.75 Å². The Bertz CT molecular complexity index is 652. The third-order valence-corrected chi connectivity index (χ3v) is 6.01. The molecule has 24 heavy (non-hydrogen) atoms. The van der Waals surface area contributed by atoms with Gasteiger partial charge in [0, 0.05) is 30.2 Å². The standard InChI is InChI=1S/C18H24ClN3O2/c1-21-5-6-24-17-15(7-11(19)8-16(17)21)18(23)20-12-9-13-3-4-14(10-12)22(13)2/h7-8,12-14H,3-6,9-10H2,1-2H3,(H,20,23). The fourth-order valence-corrected chi connectivity index (χ4v) is 4.59. The maximum atomic E-state index is 12.9. The van der Waals surface area contributed by atoms with Gasteiger partial charge in [-0.1, -0.05) is 11.6 Å². The number of nitrogens with zero attached hydrogens (tertiary/aromatic N) is 2. The predicted molar refractivity (Wildman–Crippen MR) is 95.3 cm³/mol. The van der Waals surface area contributed by atoms with E-state index in [-0.39, 0.29) is 11.9 Å². The fourth-order valence-electron chi connectivity index (χ4n) is 4.38. The van der Waals surface area contributed by atoms with E-state index in [1.165, 1.54) is 12.8 Å². The zero-order chi connectivity index (χ0) is 16.8. The summed E-state index contributed by atoms with van der Waals surface area (Å²) in [5.74, 6) is 0.583. The number of benzene rings is 1. The molecule has 3 aliphatic heterocycles. The molecule has 1 aromatic carbocycles. The molecule has 0 aliphatic carbocycles. The minimum atomic E-state index is -0.0713. The lowest BCUT2D eigenvalue weighted by molar-refractivity contribution is 0.0878. The van der Waals surface area contributed by atoms with Gasteiger partial charge in [-0.25, -0.2) is 0 Å². The summed E-state index contributed by atoms with van der Waals surface area (Å²) in [6.07, 6.45) is 4.55. The van der Waals surface area contributed by atoms with Crippen LogP contribution in [-0.4, -0.2) is 56.2 Å². The zero-order valence-electron chi connectivity index (χ0n) is 14.2. The predicted octanol–water partition coefficient (Wildman–Crippen LogP) is 2.52. The van der Waals surface area contributed by atoms with E-state index < -0.39 is 0 Å². The molecule has 1 amide bonds. The van der Waals surface area contributed by atoms with Crippen molar-refractivity contribution < 1.29 is 9.53 Å². The van der Waals surface area contributed by atoms with Gasteiger partial charge in [0.05, 0.1) is 17.8 Å². The molecule has 6 heteroatoms. The monoisotopic (exact) mass is 349 g/mol. The maximum absolute atomic E-state index is 12.9. The molecule has 5 nitrogen and oxygen atoms in total.